The van der Waals surface area contributed by atoms with Crippen molar-refractivity contribution in [3.05, 3.63) is 34.9 Å². The monoisotopic (exact) mass is 271 g/mol. The standard InChI is InChI=1S/C11H14ClN3OS/c1-7(8-4-2-3-5-9(8)12)15-10(16)6-17-11(13)14/h2-5,7H,6H2,1H3,(H3,13,14)(H,15,16). The van der Waals surface area contributed by atoms with E-state index in [0.717, 1.165) is 17.3 Å². The summed E-state index contributed by atoms with van der Waals surface area (Å²) in [5.74, 6) is -0.0259. The highest BCUT2D eigenvalue weighted by Crippen LogP contribution is 2.22. The van der Waals surface area contributed by atoms with Crippen LogP contribution < -0.4 is 11.1 Å². The quantitative estimate of drug-likeness (QED) is 0.580. The van der Waals surface area contributed by atoms with Gasteiger partial charge in [-0.25, -0.2) is 0 Å². The number of amidine groups is 1. The maximum atomic E-state index is 11.5. The fraction of sp³-hybridized carbons (Fsp3) is 0.273. The molecule has 1 aromatic carbocycles. The Morgan fingerprint density at radius 1 is 1.59 bits per heavy atom. The van der Waals surface area contributed by atoms with E-state index in [0.29, 0.717) is 5.02 Å². The third kappa shape index (κ3) is 4.66. The molecule has 0 bridgehead atoms. The lowest BCUT2D eigenvalue weighted by Gasteiger charge is -2.15. The van der Waals surface area contributed by atoms with E-state index in [9.17, 15) is 4.79 Å². The number of carbonyl (C=O) groups excluding carboxylic acids is 1. The summed E-state index contributed by atoms with van der Waals surface area (Å²) < 4.78 is 0. The highest BCUT2D eigenvalue weighted by Gasteiger charge is 2.12. The van der Waals surface area contributed by atoms with Crippen LogP contribution in [0.4, 0.5) is 0 Å². The lowest BCUT2D eigenvalue weighted by Crippen LogP contribution is -2.29. The summed E-state index contributed by atoms with van der Waals surface area (Å²) in [5, 5.41) is 10.4. The maximum Gasteiger partial charge on any atom is 0.230 e. The first-order valence-electron chi connectivity index (χ1n) is 5.01. The fourth-order valence-corrected chi connectivity index (χ4v) is 2.00. The van der Waals surface area contributed by atoms with E-state index in [1.165, 1.54) is 0 Å². The van der Waals surface area contributed by atoms with Gasteiger partial charge < -0.3 is 11.1 Å². The summed E-state index contributed by atoms with van der Waals surface area (Å²) in [7, 11) is 0. The average molecular weight is 272 g/mol. The molecule has 0 radical (unpaired) electrons. The Kier molecular flexibility index (Phi) is 5.31. The second kappa shape index (κ2) is 6.51. The smallest absolute Gasteiger partial charge is 0.230 e. The van der Waals surface area contributed by atoms with Gasteiger partial charge in [-0.05, 0) is 18.6 Å². The van der Waals surface area contributed by atoms with Crippen LogP contribution in [0.25, 0.3) is 0 Å². The van der Waals surface area contributed by atoms with Gasteiger partial charge in [-0.15, -0.1) is 0 Å². The van der Waals surface area contributed by atoms with Crippen LogP contribution in [0.1, 0.15) is 18.5 Å². The normalized spacial score (nSPS) is 11.9. The summed E-state index contributed by atoms with van der Waals surface area (Å²) in [6.45, 7) is 1.86. The van der Waals surface area contributed by atoms with E-state index in [2.05, 4.69) is 5.32 Å². The van der Waals surface area contributed by atoms with Crippen molar-refractivity contribution in [2.24, 2.45) is 5.73 Å². The first-order valence-corrected chi connectivity index (χ1v) is 6.37. The number of nitrogens with two attached hydrogens (primary N) is 1. The van der Waals surface area contributed by atoms with Crippen molar-refractivity contribution in [3.63, 3.8) is 0 Å². The number of rotatable bonds is 4. The molecule has 1 rings (SSSR count). The first kappa shape index (κ1) is 13.9. The molecule has 0 heterocycles. The van der Waals surface area contributed by atoms with Crippen LogP contribution in [-0.4, -0.2) is 16.8 Å². The molecular weight excluding hydrogens is 258 g/mol. The number of nitrogens with one attached hydrogen (secondary N) is 2. The van der Waals surface area contributed by atoms with Crippen molar-refractivity contribution in [3.8, 4) is 0 Å². The molecule has 0 aliphatic rings. The van der Waals surface area contributed by atoms with E-state index in [1.54, 1.807) is 6.07 Å². The van der Waals surface area contributed by atoms with Gasteiger partial charge in [-0.2, -0.15) is 0 Å². The van der Waals surface area contributed by atoms with Gasteiger partial charge in [-0.3, -0.25) is 10.2 Å². The second-order valence-corrected chi connectivity index (χ2v) is 4.89. The van der Waals surface area contributed by atoms with Gasteiger partial charge in [-0.1, -0.05) is 41.6 Å². The topological polar surface area (TPSA) is 79.0 Å². The number of hydrogen-bond donors (Lipinski definition) is 3. The molecule has 1 amide bonds. The van der Waals surface area contributed by atoms with Gasteiger partial charge in [0.25, 0.3) is 0 Å². The minimum atomic E-state index is -0.169. The average Bonchev–Trinajstić information content (AvgIpc) is 2.26. The Hall–Kier alpha value is -1.20. The van der Waals surface area contributed by atoms with Crippen molar-refractivity contribution >= 4 is 34.4 Å². The van der Waals surface area contributed by atoms with Crippen molar-refractivity contribution in [1.29, 1.82) is 5.41 Å². The maximum absolute atomic E-state index is 11.5. The van der Waals surface area contributed by atoms with Crippen LogP contribution in [0.15, 0.2) is 24.3 Å². The minimum Gasteiger partial charge on any atom is -0.379 e. The van der Waals surface area contributed by atoms with E-state index >= 15 is 0 Å². The van der Waals surface area contributed by atoms with Crippen LogP contribution in [0.5, 0.6) is 0 Å². The molecule has 4 nitrogen and oxygen atoms in total. The highest BCUT2D eigenvalue weighted by atomic mass is 35.5. The molecule has 1 unspecified atom stereocenters. The number of amides is 1. The van der Waals surface area contributed by atoms with Gasteiger partial charge in [0.05, 0.1) is 11.8 Å². The molecule has 0 aliphatic heterocycles. The molecular formula is C11H14ClN3OS. The Bertz CT molecular complexity index is 425. The SMILES string of the molecule is CC(NC(=O)CSC(=N)N)c1ccccc1Cl. The Morgan fingerprint density at radius 3 is 2.82 bits per heavy atom. The van der Waals surface area contributed by atoms with Gasteiger partial charge >= 0.3 is 0 Å². The zero-order chi connectivity index (χ0) is 12.8. The molecule has 0 aliphatic carbocycles. The Morgan fingerprint density at radius 2 is 2.24 bits per heavy atom. The Labute approximate surface area is 109 Å². The van der Waals surface area contributed by atoms with Crippen molar-refractivity contribution in [1.82, 2.24) is 5.32 Å². The molecule has 92 valence electrons. The first-order chi connectivity index (χ1) is 8.00. The molecule has 6 heteroatoms. The van der Waals surface area contributed by atoms with Crippen molar-refractivity contribution in [2.45, 2.75) is 13.0 Å². The number of benzene rings is 1. The summed E-state index contributed by atoms with van der Waals surface area (Å²) in [5.41, 5.74) is 6.02. The number of halogens is 1. The predicted molar refractivity (Wildman–Crippen MR) is 72.4 cm³/mol. The third-order valence-corrected chi connectivity index (χ3v) is 3.17. The van der Waals surface area contributed by atoms with E-state index < -0.39 is 0 Å². The number of carbonyl (C=O) groups is 1. The number of thioether (sulfide) groups is 1. The predicted octanol–water partition coefficient (Wildman–Crippen LogP) is 2.14. The largest absolute Gasteiger partial charge is 0.379 e. The molecule has 0 aromatic heterocycles. The summed E-state index contributed by atoms with van der Waals surface area (Å²) >= 11 is 7.02. The summed E-state index contributed by atoms with van der Waals surface area (Å²) in [6, 6.07) is 7.19. The number of hydrogen-bond acceptors (Lipinski definition) is 3. The molecule has 17 heavy (non-hydrogen) atoms. The van der Waals surface area contributed by atoms with Gasteiger partial charge in [0.2, 0.25) is 5.91 Å². The molecule has 0 spiro atoms. The van der Waals surface area contributed by atoms with Crippen LogP contribution in [-0.2, 0) is 4.79 Å². The van der Waals surface area contributed by atoms with Crippen molar-refractivity contribution in [2.75, 3.05) is 5.75 Å². The molecule has 0 saturated heterocycles. The van der Waals surface area contributed by atoms with Crippen LogP contribution in [0, 0.1) is 5.41 Å². The minimum absolute atomic E-state index is 0.0643. The summed E-state index contributed by atoms with van der Waals surface area (Å²) in [6.07, 6.45) is 0. The van der Waals surface area contributed by atoms with E-state index in [4.69, 9.17) is 22.7 Å². The zero-order valence-corrected chi connectivity index (χ0v) is 10.9. The lowest BCUT2D eigenvalue weighted by molar-refractivity contribution is -0.119. The molecule has 0 saturated carbocycles. The van der Waals surface area contributed by atoms with Crippen LogP contribution in [0.2, 0.25) is 5.02 Å². The fourth-order valence-electron chi connectivity index (χ4n) is 1.33. The molecule has 1 aromatic rings. The lowest BCUT2D eigenvalue weighted by atomic mass is 10.1. The molecule has 4 N–H and O–H groups in total. The highest BCUT2D eigenvalue weighted by molar-refractivity contribution is 8.14. The van der Waals surface area contributed by atoms with E-state index in [1.807, 2.05) is 25.1 Å². The zero-order valence-electron chi connectivity index (χ0n) is 9.37. The van der Waals surface area contributed by atoms with Gasteiger partial charge in [0.1, 0.15) is 0 Å². The molecule has 1 atom stereocenters. The van der Waals surface area contributed by atoms with Crippen LogP contribution >= 0.6 is 23.4 Å². The van der Waals surface area contributed by atoms with E-state index in [-0.39, 0.29) is 22.9 Å². The van der Waals surface area contributed by atoms with Crippen molar-refractivity contribution < 1.29 is 4.79 Å². The summed E-state index contributed by atoms with van der Waals surface area (Å²) in [4.78, 5) is 11.5. The van der Waals surface area contributed by atoms with Gasteiger partial charge in [0, 0.05) is 5.02 Å². The van der Waals surface area contributed by atoms with Gasteiger partial charge in [0.15, 0.2) is 5.17 Å². The van der Waals surface area contributed by atoms with Crippen LogP contribution in [0.3, 0.4) is 0 Å². The third-order valence-electron chi connectivity index (χ3n) is 2.11. The molecule has 0 fully saturated rings. The Balaban J connectivity index is 2.55. The second-order valence-electron chi connectivity index (χ2n) is 3.46.